The van der Waals surface area contributed by atoms with Crippen molar-refractivity contribution in [1.82, 2.24) is 15.2 Å². The van der Waals surface area contributed by atoms with Gasteiger partial charge in [0.2, 0.25) is 0 Å². The Labute approximate surface area is 214 Å². The summed E-state index contributed by atoms with van der Waals surface area (Å²) >= 11 is 0. The SMILES string of the molecule is CCCN(CCC)c1ccc(-c2nnc(OCc3cccc(C)c3)nc2-c2ccc(OC)cc2)cc1. The van der Waals surface area contributed by atoms with E-state index in [1.54, 1.807) is 7.11 Å². The molecular formula is C30H34N4O2. The number of aromatic nitrogens is 3. The summed E-state index contributed by atoms with van der Waals surface area (Å²) in [6.07, 6.45) is 2.23. The fraction of sp³-hybridized carbons (Fsp3) is 0.300. The normalized spacial score (nSPS) is 10.8. The third kappa shape index (κ3) is 6.19. The minimum atomic E-state index is 0.250. The van der Waals surface area contributed by atoms with Crippen LogP contribution in [0.5, 0.6) is 11.8 Å². The molecule has 0 fully saturated rings. The fourth-order valence-corrected chi connectivity index (χ4v) is 4.21. The van der Waals surface area contributed by atoms with Gasteiger partial charge in [-0.2, -0.15) is 4.98 Å². The Morgan fingerprint density at radius 2 is 1.44 bits per heavy atom. The van der Waals surface area contributed by atoms with Crippen molar-refractivity contribution < 1.29 is 9.47 Å². The molecule has 1 aromatic heterocycles. The molecule has 0 atom stereocenters. The van der Waals surface area contributed by atoms with Crippen molar-refractivity contribution in [3.8, 4) is 34.3 Å². The monoisotopic (exact) mass is 482 g/mol. The summed E-state index contributed by atoms with van der Waals surface area (Å²) in [5.41, 5.74) is 6.78. The Kier molecular flexibility index (Phi) is 8.50. The van der Waals surface area contributed by atoms with Gasteiger partial charge in [0.05, 0.1) is 7.11 Å². The van der Waals surface area contributed by atoms with E-state index >= 15 is 0 Å². The second-order valence-corrected chi connectivity index (χ2v) is 8.83. The van der Waals surface area contributed by atoms with Crippen LogP contribution in [0.25, 0.3) is 22.5 Å². The van der Waals surface area contributed by atoms with Gasteiger partial charge in [-0.05, 0) is 61.7 Å². The molecule has 3 aromatic carbocycles. The van der Waals surface area contributed by atoms with Gasteiger partial charge in [-0.3, -0.25) is 0 Å². The molecule has 0 bridgehead atoms. The van der Waals surface area contributed by atoms with Gasteiger partial charge in [-0.1, -0.05) is 60.9 Å². The molecule has 0 amide bonds. The molecule has 0 N–H and O–H groups in total. The third-order valence-corrected chi connectivity index (χ3v) is 5.97. The lowest BCUT2D eigenvalue weighted by atomic mass is 10.0. The van der Waals surface area contributed by atoms with E-state index in [0.29, 0.717) is 12.3 Å². The van der Waals surface area contributed by atoms with Crippen molar-refractivity contribution in [2.24, 2.45) is 0 Å². The third-order valence-electron chi connectivity index (χ3n) is 5.97. The number of rotatable bonds is 11. The molecule has 0 aliphatic rings. The van der Waals surface area contributed by atoms with Gasteiger partial charge in [0, 0.05) is 29.9 Å². The molecule has 0 unspecified atom stereocenters. The average molecular weight is 483 g/mol. The van der Waals surface area contributed by atoms with Gasteiger partial charge >= 0.3 is 6.01 Å². The molecule has 0 aliphatic carbocycles. The number of hydrogen-bond donors (Lipinski definition) is 0. The van der Waals surface area contributed by atoms with Crippen molar-refractivity contribution in [1.29, 1.82) is 0 Å². The highest BCUT2D eigenvalue weighted by Gasteiger charge is 2.16. The Morgan fingerprint density at radius 1 is 0.778 bits per heavy atom. The molecule has 0 radical (unpaired) electrons. The first-order valence-electron chi connectivity index (χ1n) is 12.5. The maximum Gasteiger partial charge on any atom is 0.336 e. The smallest absolute Gasteiger partial charge is 0.336 e. The largest absolute Gasteiger partial charge is 0.497 e. The maximum absolute atomic E-state index is 5.93. The highest BCUT2D eigenvalue weighted by molar-refractivity contribution is 5.78. The Hall–Kier alpha value is -3.93. The van der Waals surface area contributed by atoms with Crippen LogP contribution in [0.2, 0.25) is 0 Å². The molecular weight excluding hydrogens is 448 g/mol. The first-order valence-corrected chi connectivity index (χ1v) is 12.5. The van der Waals surface area contributed by atoms with Crippen LogP contribution in [-0.2, 0) is 6.61 Å². The van der Waals surface area contributed by atoms with E-state index in [-0.39, 0.29) is 6.01 Å². The number of hydrogen-bond acceptors (Lipinski definition) is 6. The van der Waals surface area contributed by atoms with E-state index in [1.165, 1.54) is 11.3 Å². The maximum atomic E-state index is 5.93. The van der Waals surface area contributed by atoms with Crippen molar-refractivity contribution in [3.05, 3.63) is 83.9 Å². The highest BCUT2D eigenvalue weighted by Crippen LogP contribution is 2.32. The van der Waals surface area contributed by atoms with Gasteiger partial charge in [-0.25, -0.2) is 0 Å². The lowest BCUT2D eigenvalue weighted by molar-refractivity contribution is 0.277. The molecule has 36 heavy (non-hydrogen) atoms. The number of aryl methyl sites for hydroxylation is 1. The van der Waals surface area contributed by atoms with E-state index in [1.807, 2.05) is 36.4 Å². The molecule has 0 saturated carbocycles. The fourth-order valence-electron chi connectivity index (χ4n) is 4.21. The molecule has 6 nitrogen and oxygen atoms in total. The Balaban J connectivity index is 1.66. The van der Waals surface area contributed by atoms with Crippen molar-refractivity contribution >= 4 is 5.69 Å². The van der Waals surface area contributed by atoms with Gasteiger partial charge in [0.1, 0.15) is 23.7 Å². The lowest BCUT2D eigenvalue weighted by Crippen LogP contribution is -2.24. The van der Waals surface area contributed by atoms with Crippen molar-refractivity contribution in [2.75, 3.05) is 25.1 Å². The van der Waals surface area contributed by atoms with Crippen LogP contribution in [-0.4, -0.2) is 35.4 Å². The predicted octanol–water partition coefficient (Wildman–Crippen LogP) is 6.73. The summed E-state index contributed by atoms with van der Waals surface area (Å²) < 4.78 is 11.3. The molecule has 186 valence electrons. The van der Waals surface area contributed by atoms with Crippen molar-refractivity contribution in [2.45, 2.75) is 40.2 Å². The van der Waals surface area contributed by atoms with Gasteiger partial charge < -0.3 is 14.4 Å². The number of anilines is 1. The summed E-state index contributed by atoms with van der Waals surface area (Å²) in [5.74, 6) is 0.787. The zero-order chi connectivity index (χ0) is 25.3. The van der Waals surface area contributed by atoms with E-state index in [9.17, 15) is 0 Å². The first-order chi connectivity index (χ1) is 17.6. The quantitative estimate of drug-likeness (QED) is 0.236. The van der Waals surface area contributed by atoms with Crippen molar-refractivity contribution in [3.63, 3.8) is 0 Å². The van der Waals surface area contributed by atoms with Crippen LogP contribution in [0.1, 0.15) is 37.8 Å². The van der Waals surface area contributed by atoms with Gasteiger partial charge in [0.25, 0.3) is 0 Å². The molecule has 4 rings (SSSR count). The van der Waals surface area contributed by atoms with E-state index in [4.69, 9.17) is 14.5 Å². The topological polar surface area (TPSA) is 60.4 Å². The van der Waals surface area contributed by atoms with E-state index < -0.39 is 0 Å². The Morgan fingerprint density at radius 3 is 2.08 bits per heavy atom. The minimum absolute atomic E-state index is 0.250. The van der Waals surface area contributed by atoms with Crippen LogP contribution in [0.15, 0.2) is 72.8 Å². The Bertz CT molecular complexity index is 1250. The van der Waals surface area contributed by atoms with Crippen LogP contribution in [0.3, 0.4) is 0 Å². The summed E-state index contributed by atoms with van der Waals surface area (Å²) in [4.78, 5) is 7.20. The van der Waals surface area contributed by atoms with Gasteiger partial charge in [-0.15, -0.1) is 5.10 Å². The summed E-state index contributed by atoms with van der Waals surface area (Å²) in [7, 11) is 1.66. The number of ether oxygens (including phenoxy) is 2. The summed E-state index contributed by atoms with van der Waals surface area (Å²) in [6, 6.07) is 24.8. The van der Waals surface area contributed by atoms with Crippen LogP contribution >= 0.6 is 0 Å². The standard InChI is InChI=1S/C30H34N4O2/c1-5-18-34(19-6-2)26-14-10-25(11-15-26)29-28(24-12-16-27(35-4)17-13-24)31-30(33-32-29)36-21-23-9-7-8-22(3)20-23/h7-17,20H,5-6,18-19,21H2,1-4H3. The first kappa shape index (κ1) is 25.2. The van der Waals surface area contributed by atoms with Crippen LogP contribution < -0.4 is 14.4 Å². The lowest BCUT2D eigenvalue weighted by Gasteiger charge is -2.24. The number of benzene rings is 3. The van der Waals surface area contributed by atoms with Crippen LogP contribution in [0.4, 0.5) is 5.69 Å². The second kappa shape index (κ2) is 12.2. The minimum Gasteiger partial charge on any atom is -0.497 e. The molecule has 0 saturated heterocycles. The molecule has 0 spiro atoms. The van der Waals surface area contributed by atoms with Gasteiger partial charge in [0.15, 0.2) is 0 Å². The highest BCUT2D eigenvalue weighted by atomic mass is 16.5. The second-order valence-electron chi connectivity index (χ2n) is 8.83. The molecule has 0 aliphatic heterocycles. The van der Waals surface area contributed by atoms with E-state index in [0.717, 1.165) is 54.1 Å². The summed E-state index contributed by atoms with van der Waals surface area (Å²) in [5, 5.41) is 8.87. The summed E-state index contributed by atoms with van der Waals surface area (Å²) in [6.45, 7) is 8.94. The molecule has 6 heteroatoms. The zero-order valence-electron chi connectivity index (χ0n) is 21.6. The average Bonchev–Trinajstić information content (AvgIpc) is 2.92. The molecule has 1 heterocycles. The number of nitrogens with zero attached hydrogens (tertiary/aromatic N) is 4. The molecule has 4 aromatic rings. The predicted molar refractivity (Wildman–Crippen MR) is 146 cm³/mol. The van der Waals surface area contributed by atoms with Crippen LogP contribution in [0, 0.1) is 6.92 Å². The zero-order valence-corrected chi connectivity index (χ0v) is 21.6. The number of methoxy groups -OCH3 is 1. The van der Waals surface area contributed by atoms with E-state index in [2.05, 4.69) is 72.3 Å².